The maximum absolute atomic E-state index is 10.1. The molecule has 0 aliphatic carbocycles. The van der Waals surface area contributed by atoms with Gasteiger partial charge in [0.25, 0.3) is 0 Å². The van der Waals surface area contributed by atoms with Gasteiger partial charge in [-0.05, 0) is 18.0 Å². The van der Waals surface area contributed by atoms with Crippen LogP contribution in [0.25, 0.3) is 0 Å². The van der Waals surface area contributed by atoms with Crippen LogP contribution in [0.5, 0.6) is 5.75 Å². The SMILES string of the molecule is N=C=CC=N.O=Cc1ccccc1O. The Morgan fingerprint density at radius 1 is 1.36 bits per heavy atom. The van der Waals surface area contributed by atoms with E-state index in [-0.39, 0.29) is 5.75 Å². The molecule has 0 aliphatic heterocycles. The molecule has 0 radical (unpaired) electrons. The zero-order valence-electron chi connectivity index (χ0n) is 7.40. The van der Waals surface area contributed by atoms with Crippen LogP contribution in [-0.4, -0.2) is 23.5 Å². The van der Waals surface area contributed by atoms with Crippen LogP contribution in [-0.2, 0) is 0 Å². The summed E-state index contributed by atoms with van der Waals surface area (Å²) in [7, 11) is 0. The highest BCUT2D eigenvalue weighted by Gasteiger charge is 1.93. The summed E-state index contributed by atoms with van der Waals surface area (Å²) in [5, 5.41) is 21.3. The highest BCUT2D eigenvalue weighted by atomic mass is 16.3. The molecule has 0 unspecified atom stereocenters. The summed E-state index contributed by atoms with van der Waals surface area (Å²) in [5.74, 6) is 1.93. The van der Waals surface area contributed by atoms with E-state index in [9.17, 15) is 4.79 Å². The van der Waals surface area contributed by atoms with Crippen molar-refractivity contribution in [3.63, 3.8) is 0 Å². The van der Waals surface area contributed by atoms with Gasteiger partial charge in [-0.1, -0.05) is 12.1 Å². The fourth-order valence-corrected chi connectivity index (χ4v) is 0.629. The molecule has 1 aromatic carbocycles. The van der Waals surface area contributed by atoms with Gasteiger partial charge in [-0.15, -0.1) is 0 Å². The van der Waals surface area contributed by atoms with Crippen molar-refractivity contribution in [3.8, 4) is 5.75 Å². The van der Waals surface area contributed by atoms with Gasteiger partial charge in [0.05, 0.1) is 5.56 Å². The number of benzene rings is 1. The molecule has 72 valence electrons. The van der Waals surface area contributed by atoms with Crippen LogP contribution in [0.1, 0.15) is 10.4 Å². The van der Waals surface area contributed by atoms with Gasteiger partial charge in [-0.25, -0.2) is 0 Å². The Morgan fingerprint density at radius 3 is 2.29 bits per heavy atom. The number of phenolic OH excluding ortho intramolecular Hbond substituents is 1. The van der Waals surface area contributed by atoms with E-state index in [1.54, 1.807) is 18.2 Å². The van der Waals surface area contributed by atoms with Gasteiger partial charge in [0.15, 0.2) is 6.29 Å². The fraction of sp³-hybridized carbons (Fsp3) is 0. The Hall–Kier alpha value is -2.19. The largest absolute Gasteiger partial charge is 0.507 e. The number of nitrogens with one attached hydrogen (secondary N) is 2. The summed E-state index contributed by atoms with van der Waals surface area (Å²) in [4.78, 5) is 10.1. The maximum Gasteiger partial charge on any atom is 0.153 e. The first-order chi connectivity index (χ1) is 6.76. The van der Waals surface area contributed by atoms with Crippen LogP contribution in [0.15, 0.2) is 30.3 Å². The van der Waals surface area contributed by atoms with Crippen molar-refractivity contribution in [1.82, 2.24) is 0 Å². The molecule has 4 nitrogen and oxygen atoms in total. The van der Waals surface area contributed by atoms with Crippen LogP contribution >= 0.6 is 0 Å². The van der Waals surface area contributed by atoms with Gasteiger partial charge in [0.2, 0.25) is 0 Å². The van der Waals surface area contributed by atoms with Gasteiger partial charge in [0.1, 0.15) is 5.75 Å². The second kappa shape index (κ2) is 7.46. The average Bonchev–Trinajstić information content (AvgIpc) is 2.21. The standard InChI is InChI=1S/C7H6O2.C3H4N2/c8-5-6-3-1-2-4-7(6)9;4-2-1-3-5/h1-5,9H;1-2,4-5H. The molecule has 1 aromatic rings. The number of rotatable bonds is 2. The lowest BCUT2D eigenvalue weighted by molar-refractivity contribution is 0.112. The van der Waals surface area contributed by atoms with E-state index in [0.29, 0.717) is 11.8 Å². The molecule has 0 aromatic heterocycles. The number of carbonyl (C=O) groups excluding carboxylic acids is 1. The molecule has 0 spiro atoms. The lowest BCUT2D eigenvalue weighted by atomic mass is 10.2. The van der Waals surface area contributed by atoms with Crippen LogP contribution in [0.2, 0.25) is 0 Å². The number of allylic oxidation sites excluding steroid dienone is 1. The molecule has 0 atom stereocenters. The number of hydrogen-bond donors (Lipinski definition) is 3. The lowest BCUT2D eigenvalue weighted by Crippen LogP contribution is -1.77. The van der Waals surface area contributed by atoms with E-state index in [0.717, 1.165) is 6.21 Å². The first kappa shape index (κ1) is 11.8. The summed E-state index contributed by atoms with van der Waals surface area (Å²) in [6, 6.07) is 6.40. The number of aldehydes is 1. The van der Waals surface area contributed by atoms with Crippen molar-refractivity contribution in [2.75, 3.05) is 0 Å². The fourth-order valence-electron chi connectivity index (χ4n) is 0.629. The highest BCUT2D eigenvalue weighted by Crippen LogP contribution is 2.11. The van der Waals surface area contributed by atoms with E-state index in [1.165, 1.54) is 12.1 Å². The lowest BCUT2D eigenvalue weighted by Gasteiger charge is -1.91. The van der Waals surface area contributed by atoms with Crippen LogP contribution < -0.4 is 0 Å². The summed E-state index contributed by atoms with van der Waals surface area (Å²) in [6.07, 6.45) is 2.84. The quantitative estimate of drug-likeness (QED) is 0.489. The van der Waals surface area contributed by atoms with Crippen LogP contribution in [0.4, 0.5) is 0 Å². The Labute approximate surface area is 81.5 Å². The van der Waals surface area contributed by atoms with E-state index < -0.39 is 0 Å². The third-order valence-corrected chi connectivity index (χ3v) is 1.23. The normalized spacial score (nSPS) is 7.43. The summed E-state index contributed by atoms with van der Waals surface area (Å²) in [6.45, 7) is 0. The molecule has 0 amide bonds. The number of aromatic hydroxyl groups is 1. The van der Waals surface area contributed by atoms with E-state index in [4.69, 9.17) is 15.9 Å². The van der Waals surface area contributed by atoms with Gasteiger partial charge in [-0.3, -0.25) is 10.2 Å². The predicted octanol–water partition coefficient (Wildman–Crippen LogP) is 1.65. The van der Waals surface area contributed by atoms with Crippen molar-refractivity contribution in [1.29, 1.82) is 10.8 Å². The zero-order chi connectivity index (χ0) is 10.8. The molecule has 0 saturated heterocycles. The molecular formula is C10H10N2O2. The average molecular weight is 190 g/mol. The Kier molecular flexibility index (Phi) is 6.29. The van der Waals surface area contributed by atoms with Crippen LogP contribution in [0.3, 0.4) is 0 Å². The van der Waals surface area contributed by atoms with E-state index >= 15 is 0 Å². The monoisotopic (exact) mass is 190 g/mol. The summed E-state index contributed by atoms with van der Waals surface area (Å²) >= 11 is 0. The molecule has 0 bridgehead atoms. The van der Waals surface area contributed by atoms with Gasteiger partial charge < -0.3 is 10.5 Å². The minimum atomic E-state index is 0.0347. The first-order valence-electron chi connectivity index (χ1n) is 3.74. The van der Waals surface area contributed by atoms with Crippen molar-refractivity contribution >= 4 is 18.4 Å². The summed E-state index contributed by atoms with van der Waals surface area (Å²) in [5.41, 5.74) is 0.331. The number of phenols is 1. The first-order valence-corrected chi connectivity index (χ1v) is 3.74. The Balaban J connectivity index is 0.000000292. The topological polar surface area (TPSA) is 85.0 Å². The third-order valence-electron chi connectivity index (χ3n) is 1.23. The number of carbonyl (C=O) groups is 1. The predicted molar refractivity (Wildman–Crippen MR) is 54.6 cm³/mol. The van der Waals surface area contributed by atoms with Crippen LogP contribution in [0, 0.1) is 10.8 Å². The second-order valence-corrected chi connectivity index (χ2v) is 2.15. The molecule has 0 heterocycles. The maximum atomic E-state index is 10.1. The van der Waals surface area contributed by atoms with Gasteiger partial charge in [-0.2, -0.15) is 0 Å². The minimum Gasteiger partial charge on any atom is -0.507 e. The number of hydrogen-bond acceptors (Lipinski definition) is 4. The molecule has 4 heteroatoms. The van der Waals surface area contributed by atoms with E-state index in [2.05, 4.69) is 0 Å². The van der Waals surface area contributed by atoms with Gasteiger partial charge >= 0.3 is 0 Å². The smallest absolute Gasteiger partial charge is 0.153 e. The molecule has 1 rings (SSSR count). The minimum absolute atomic E-state index is 0.0347. The summed E-state index contributed by atoms with van der Waals surface area (Å²) < 4.78 is 0. The molecule has 3 N–H and O–H groups in total. The van der Waals surface area contributed by atoms with Gasteiger partial charge in [0, 0.05) is 12.3 Å². The molecule has 0 aliphatic rings. The highest BCUT2D eigenvalue weighted by molar-refractivity contribution is 5.79. The molecule has 0 saturated carbocycles. The molecule has 0 fully saturated rings. The second-order valence-electron chi connectivity index (χ2n) is 2.15. The zero-order valence-corrected chi connectivity index (χ0v) is 7.40. The van der Waals surface area contributed by atoms with Crippen molar-refractivity contribution in [2.45, 2.75) is 0 Å². The number of para-hydroxylation sites is 1. The van der Waals surface area contributed by atoms with Crippen molar-refractivity contribution < 1.29 is 9.90 Å². The Bertz CT molecular complexity index is 355. The van der Waals surface area contributed by atoms with Crippen molar-refractivity contribution in [3.05, 3.63) is 35.9 Å². The molecular weight excluding hydrogens is 180 g/mol. The van der Waals surface area contributed by atoms with Crippen molar-refractivity contribution in [2.24, 2.45) is 0 Å². The third kappa shape index (κ3) is 4.64. The molecule has 14 heavy (non-hydrogen) atoms. The van der Waals surface area contributed by atoms with E-state index in [1.807, 2.05) is 5.87 Å². The Morgan fingerprint density at radius 2 is 2.00 bits per heavy atom.